The maximum Gasteiger partial charge on any atom is 0.243 e. The third-order valence-corrected chi connectivity index (χ3v) is 6.44. The highest BCUT2D eigenvalue weighted by Gasteiger charge is 2.31. The number of nitrogens with two attached hydrogens (primary N) is 1. The summed E-state index contributed by atoms with van der Waals surface area (Å²) >= 11 is 12.0. The molecule has 0 spiro atoms. The highest BCUT2D eigenvalue weighted by molar-refractivity contribution is 7.89. The first-order valence-electron chi connectivity index (χ1n) is 6.97. The molecule has 1 aliphatic carbocycles. The highest BCUT2D eigenvalue weighted by atomic mass is 35.5. The molecule has 0 aliphatic heterocycles. The van der Waals surface area contributed by atoms with Gasteiger partial charge in [0.05, 0.1) is 10.0 Å². The summed E-state index contributed by atoms with van der Waals surface area (Å²) < 4.78 is 27.9. The van der Waals surface area contributed by atoms with Crippen LogP contribution < -0.4 is 10.5 Å². The van der Waals surface area contributed by atoms with E-state index in [0.717, 1.165) is 19.3 Å². The Morgan fingerprint density at radius 3 is 2.29 bits per heavy atom. The van der Waals surface area contributed by atoms with Gasteiger partial charge in [-0.25, -0.2) is 13.1 Å². The Kier molecular flexibility index (Phi) is 5.08. The minimum absolute atomic E-state index is 0.0457. The van der Waals surface area contributed by atoms with Crippen LogP contribution in [0.4, 0.5) is 5.69 Å². The van der Waals surface area contributed by atoms with Gasteiger partial charge in [-0.3, -0.25) is 0 Å². The molecule has 0 aromatic heterocycles. The predicted octanol–water partition coefficient (Wildman–Crippen LogP) is 3.68. The van der Waals surface area contributed by atoms with E-state index in [9.17, 15) is 8.42 Å². The van der Waals surface area contributed by atoms with Crippen LogP contribution in [0.3, 0.4) is 0 Å². The van der Waals surface area contributed by atoms with Crippen molar-refractivity contribution in [3.8, 4) is 0 Å². The lowest BCUT2D eigenvalue weighted by Gasteiger charge is -2.33. The summed E-state index contributed by atoms with van der Waals surface area (Å²) in [6, 6.07) is 2.71. The van der Waals surface area contributed by atoms with Crippen LogP contribution in [0.25, 0.3) is 0 Å². The number of nitrogens with one attached hydrogen (secondary N) is 1. The standard InChI is InChI=1S/C14H20Cl2N2O2S/c1-8-3-4-13(9(2)5-8)18-21(19,20)14-11(15)6-10(17)7-12(14)16/h6-9,13,18H,3-5,17H2,1-2H3. The average molecular weight is 351 g/mol. The van der Waals surface area contributed by atoms with Gasteiger partial charge in [-0.05, 0) is 43.2 Å². The topological polar surface area (TPSA) is 72.2 Å². The third-order valence-electron chi connectivity index (χ3n) is 4.03. The van der Waals surface area contributed by atoms with E-state index < -0.39 is 10.0 Å². The van der Waals surface area contributed by atoms with Crippen molar-refractivity contribution < 1.29 is 8.42 Å². The summed E-state index contributed by atoms with van der Waals surface area (Å²) in [4.78, 5) is -0.0918. The maximum absolute atomic E-state index is 12.6. The average Bonchev–Trinajstić information content (AvgIpc) is 2.30. The van der Waals surface area contributed by atoms with E-state index in [-0.39, 0.29) is 26.9 Å². The number of halogens is 2. The smallest absolute Gasteiger partial charge is 0.243 e. The van der Waals surface area contributed by atoms with Crippen LogP contribution in [0.5, 0.6) is 0 Å². The molecule has 1 saturated carbocycles. The van der Waals surface area contributed by atoms with Crippen molar-refractivity contribution in [2.75, 3.05) is 5.73 Å². The van der Waals surface area contributed by atoms with Gasteiger partial charge in [0.2, 0.25) is 10.0 Å². The maximum atomic E-state index is 12.6. The molecular weight excluding hydrogens is 331 g/mol. The number of hydrogen-bond donors (Lipinski definition) is 2. The van der Waals surface area contributed by atoms with E-state index in [1.165, 1.54) is 12.1 Å². The van der Waals surface area contributed by atoms with E-state index in [2.05, 4.69) is 18.6 Å². The monoisotopic (exact) mass is 350 g/mol. The van der Waals surface area contributed by atoms with Crippen molar-refractivity contribution in [1.29, 1.82) is 0 Å². The van der Waals surface area contributed by atoms with Gasteiger partial charge in [-0.1, -0.05) is 37.0 Å². The molecule has 0 radical (unpaired) electrons. The second-order valence-corrected chi connectivity index (χ2v) is 8.40. The fourth-order valence-corrected chi connectivity index (χ4v) is 5.55. The molecule has 4 nitrogen and oxygen atoms in total. The Labute approximate surface area is 136 Å². The van der Waals surface area contributed by atoms with E-state index in [4.69, 9.17) is 28.9 Å². The van der Waals surface area contributed by atoms with Crippen LogP contribution >= 0.6 is 23.2 Å². The molecule has 1 aromatic rings. The number of rotatable bonds is 3. The zero-order valence-corrected chi connectivity index (χ0v) is 14.4. The Morgan fingerprint density at radius 2 is 1.76 bits per heavy atom. The Balaban J connectivity index is 2.27. The van der Waals surface area contributed by atoms with Crippen molar-refractivity contribution in [2.24, 2.45) is 11.8 Å². The van der Waals surface area contributed by atoms with Crippen LogP contribution in [0, 0.1) is 11.8 Å². The van der Waals surface area contributed by atoms with Crippen molar-refractivity contribution in [3.05, 3.63) is 22.2 Å². The molecule has 3 unspecified atom stereocenters. The van der Waals surface area contributed by atoms with Gasteiger partial charge in [0.15, 0.2) is 0 Å². The number of benzene rings is 1. The molecular formula is C14H20Cl2N2O2S. The second-order valence-electron chi connectivity index (χ2n) is 5.94. The molecule has 3 N–H and O–H groups in total. The third kappa shape index (κ3) is 3.83. The van der Waals surface area contributed by atoms with Crippen molar-refractivity contribution in [1.82, 2.24) is 4.72 Å². The Morgan fingerprint density at radius 1 is 1.19 bits per heavy atom. The summed E-state index contributed by atoms with van der Waals surface area (Å²) in [6.45, 7) is 4.25. The normalized spacial score (nSPS) is 26.8. The molecule has 0 amide bonds. The zero-order chi connectivity index (χ0) is 15.8. The summed E-state index contributed by atoms with van der Waals surface area (Å²) in [5.41, 5.74) is 5.95. The van der Waals surface area contributed by atoms with Crippen LogP contribution in [0.2, 0.25) is 10.0 Å². The molecule has 3 atom stereocenters. The number of sulfonamides is 1. The number of anilines is 1. The Hall–Kier alpha value is -0.490. The summed E-state index contributed by atoms with van der Waals surface area (Å²) in [5.74, 6) is 0.916. The summed E-state index contributed by atoms with van der Waals surface area (Å²) in [6.07, 6.45) is 2.85. The van der Waals surface area contributed by atoms with Crippen LogP contribution in [-0.2, 0) is 10.0 Å². The van der Waals surface area contributed by atoms with Gasteiger partial charge in [0.1, 0.15) is 4.90 Å². The van der Waals surface area contributed by atoms with Crippen molar-refractivity contribution >= 4 is 38.9 Å². The van der Waals surface area contributed by atoms with Gasteiger partial charge in [-0.2, -0.15) is 0 Å². The highest BCUT2D eigenvalue weighted by Crippen LogP contribution is 2.34. The van der Waals surface area contributed by atoms with Gasteiger partial charge < -0.3 is 5.73 Å². The van der Waals surface area contributed by atoms with E-state index >= 15 is 0 Å². The van der Waals surface area contributed by atoms with E-state index in [1.807, 2.05) is 0 Å². The molecule has 118 valence electrons. The van der Waals surface area contributed by atoms with E-state index in [0.29, 0.717) is 11.6 Å². The molecule has 1 aromatic carbocycles. The number of hydrogen-bond acceptors (Lipinski definition) is 3. The molecule has 7 heteroatoms. The molecule has 1 fully saturated rings. The van der Waals surface area contributed by atoms with E-state index in [1.54, 1.807) is 0 Å². The zero-order valence-electron chi connectivity index (χ0n) is 12.1. The minimum atomic E-state index is -3.76. The molecule has 0 heterocycles. The van der Waals surface area contributed by atoms with Crippen LogP contribution in [0.15, 0.2) is 17.0 Å². The fraction of sp³-hybridized carbons (Fsp3) is 0.571. The lowest BCUT2D eigenvalue weighted by Crippen LogP contribution is -2.42. The van der Waals surface area contributed by atoms with Gasteiger partial charge in [0.25, 0.3) is 0 Å². The van der Waals surface area contributed by atoms with Crippen molar-refractivity contribution in [2.45, 2.75) is 44.0 Å². The first-order valence-corrected chi connectivity index (χ1v) is 9.21. The first kappa shape index (κ1) is 16.9. The van der Waals surface area contributed by atoms with Crippen LogP contribution in [0.1, 0.15) is 33.1 Å². The van der Waals surface area contributed by atoms with Crippen LogP contribution in [-0.4, -0.2) is 14.5 Å². The lowest BCUT2D eigenvalue weighted by molar-refractivity contribution is 0.249. The van der Waals surface area contributed by atoms with Gasteiger partial charge >= 0.3 is 0 Å². The minimum Gasteiger partial charge on any atom is -0.399 e. The molecule has 0 saturated heterocycles. The predicted molar refractivity (Wildman–Crippen MR) is 87.2 cm³/mol. The first-order chi connectivity index (χ1) is 9.70. The number of nitrogen functional groups attached to an aromatic ring is 1. The summed E-state index contributed by atoms with van der Waals surface area (Å²) in [5, 5.41) is 0.0914. The Bertz CT molecular complexity index is 611. The molecule has 2 rings (SSSR count). The molecule has 21 heavy (non-hydrogen) atoms. The van der Waals surface area contributed by atoms with Gasteiger partial charge in [-0.15, -0.1) is 0 Å². The van der Waals surface area contributed by atoms with Crippen molar-refractivity contribution in [3.63, 3.8) is 0 Å². The molecule has 0 bridgehead atoms. The molecule has 1 aliphatic rings. The summed E-state index contributed by atoms with van der Waals surface area (Å²) in [7, 11) is -3.76. The fourth-order valence-electron chi connectivity index (χ4n) is 2.93. The second kappa shape index (κ2) is 6.32. The largest absolute Gasteiger partial charge is 0.399 e. The van der Waals surface area contributed by atoms with Gasteiger partial charge in [0, 0.05) is 11.7 Å². The quantitative estimate of drug-likeness (QED) is 0.816. The lowest BCUT2D eigenvalue weighted by atomic mass is 9.80. The SMILES string of the molecule is CC1CCC(NS(=O)(=O)c2c(Cl)cc(N)cc2Cl)C(C)C1.